The first kappa shape index (κ1) is 28.1. The van der Waals surface area contributed by atoms with Crippen LogP contribution in [-0.2, 0) is 0 Å². The molecule has 47 heavy (non-hydrogen) atoms. The molecule has 0 amide bonds. The van der Waals surface area contributed by atoms with Crippen molar-refractivity contribution in [3.05, 3.63) is 169 Å². The molecule has 0 atom stereocenters. The fourth-order valence-electron chi connectivity index (χ4n) is 6.61. The van der Waals surface area contributed by atoms with E-state index in [2.05, 4.69) is 174 Å². The van der Waals surface area contributed by atoms with Crippen molar-refractivity contribution in [1.29, 1.82) is 0 Å². The van der Waals surface area contributed by atoms with Gasteiger partial charge in [0, 0.05) is 73.8 Å². The Labute approximate surface area is 285 Å². The highest BCUT2D eigenvalue weighted by atomic mass is 35.5. The van der Waals surface area contributed by atoms with Gasteiger partial charge in [0.05, 0.1) is 5.69 Å². The number of para-hydroxylation sites is 3. The van der Waals surface area contributed by atoms with E-state index >= 15 is 0 Å². The van der Waals surface area contributed by atoms with Crippen LogP contribution in [0.1, 0.15) is 0 Å². The van der Waals surface area contributed by atoms with Gasteiger partial charge in [0.1, 0.15) is 0 Å². The van der Waals surface area contributed by atoms with Gasteiger partial charge in [0.25, 0.3) is 0 Å². The van der Waals surface area contributed by atoms with Crippen LogP contribution < -0.4 is 9.80 Å². The number of hydrogen-bond donors (Lipinski definition) is 0. The summed E-state index contributed by atoms with van der Waals surface area (Å²) in [6, 6.07) is 58.3. The van der Waals surface area contributed by atoms with E-state index in [0.717, 1.165) is 39.1 Å². The minimum Gasteiger partial charge on any atom is -0.310 e. The molecule has 0 saturated carbocycles. The van der Waals surface area contributed by atoms with Crippen molar-refractivity contribution in [2.24, 2.45) is 0 Å². The second kappa shape index (κ2) is 11.6. The van der Waals surface area contributed by atoms with E-state index in [-0.39, 0.29) is 0 Å². The van der Waals surface area contributed by atoms with Crippen LogP contribution in [0.3, 0.4) is 0 Å². The maximum absolute atomic E-state index is 6.83. The third-order valence-electron chi connectivity index (χ3n) is 8.66. The summed E-state index contributed by atoms with van der Waals surface area (Å²) < 4.78 is 4.96. The molecule has 0 fully saturated rings. The zero-order valence-corrected chi connectivity index (χ0v) is 27.6. The monoisotopic (exact) mass is 658 g/mol. The molecule has 0 spiro atoms. The summed E-state index contributed by atoms with van der Waals surface area (Å²) in [6.45, 7) is 0. The van der Waals surface area contributed by atoms with Crippen LogP contribution >= 0.6 is 34.3 Å². The van der Waals surface area contributed by atoms with E-state index in [1.54, 1.807) is 11.3 Å². The predicted molar refractivity (Wildman–Crippen MR) is 207 cm³/mol. The Bertz CT molecular complexity index is 2500. The first-order valence-corrected chi connectivity index (χ1v) is 17.5. The molecule has 0 aliphatic carbocycles. The standard InChI is InChI=1S/C42H27ClN2S2/c43-28-24-37(42-35-18-10-11-19-38(35)47-41(42)25-28)45(31-16-8-3-9-17-31)33-20-22-34-36-26-32(21-23-39(36)46-40(34)27-33)44(29-12-4-1-5-13-29)30-14-6-2-7-15-30/h1-27H. The van der Waals surface area contributed by atoms with Crippen LogP contribution in [0.5, 0.6) is 0 Å². The molecule has 2 heterocycles. The molecule has 0 saturated heterocycles. The van der Waals surface area contributed by atoms with E-state index in [1.807, 2.05) is 11.3 Å². The van der Waals surface area contributed by atoms with Gasteiger partial charge in [0.15, 0.2) is 0 Å². The lowest BCUT2D eigenvalue weighted by molar-refractivity contribution is 1.29. The zero-order valence-electron chi connectivity index (χ0n) is 25.2. The number of hydrogen-bond acceptors (Lipinski definition) is 4. The third-order valence-corrected chi connectivity index (χ3v) is 11.1. The average molecular weight is 659 g/mol. The van der Waals surface area contributed by atoms with Gasteiger partial charge in [-0.3, -0.25) is 0 Å². The Balaban J connectivity index is 1.22. The van der Waals surface area contributed by atoms with E-state index in [9.17, 15) is 0 Å². The second-order valence-electron chi connectivity index (χ2n) is 11.5. The molecule has 2 aromatic heterocycles. The number of thiophene rings is 2. The van der Waals surface area contributed by atoms with Gasteiger partial charge < -0.3 is 9.80 Å². The molecule has 5 heteroatoms. The van der Waals surface area contributed by atoms with E-state index in [0.29, 0.717) is 0 Å². The van der Waals surface area contributed by atoms with Gasteiger partial charge in [-0.2, -0.15) is 0 Å². The smallest absolute Gasteiger partial charge is 0.0569 e. The molecule has 0 radical (unpaired) electrons. The fourth-order valence-corrected chi connectivity index (χ4v) is 9.18. The topological polar surface area (TPSA) is 6.48 Å². The Morgan fingerprint density at radius 3 is 1.62 bits per heavy atom. The first-order valence-electron chi connectivity index (χ1n) is 15.5. The quantitative estimate of drug-likeness (QED) is 0.175. The average Bonchev–Trinajstić information content (AvgIpc) is 3.67. The van der Waals surface area contributed by atoms with Crippen LogP contribution in [0.25, 0.3) is 40.3 Å². The minimum atomic E-state index is 0.733. The van der Waals surface area contributed by atoms with Crippen LogP contribution in [0.15, 0.2) is 164 Å². The summed E-state index contributed by atoms with van der Waals surface area (Å²) in [5.74, 6) is 0. The van der Waals surface area contributed by atoms with Crippen LogP contribution in [0.4, 0.5) is 34.1 Å². The lowest BCUT2D eigenvalue weighted by atomic mass is 10.1. The minimum absolute atomic E-state index is 0.733. The van der Waals surface area contributed by atoms with Crippen LogP contribution in [0, 0.1) is 0 Å². The first-order chi connectivity index (χ1) is 23.2. The molecule has 0 aliphatic rings. The van der Waals surface area contributed by atoms with Crippen molar-refractivity contribution in [1.82, 2.24) is 0 Å². The van der Waals surface area contributed by atoms with Crippen molar-refractivity contribution in [2.45, 2.75) is 0 Å². The summed E-state index contributed by atoms with van der Waals surface area (Å²) in [5.41, 5.74) is 6.68. The molecule has 0 N–H and O–H groups in total. The Kier molecular flexibility index (Phi) is 6.93. The fraction of sp³-hybridized carbons (Fsp3) is 0. The molecule has 0 bridgehead atoms. The largest absolute Gasteiger partial charge is 0.310 e. The summed E-state index contributed by atoms with van der Waals surface area (Å²) in [5, 5.41) is 5.71. The van der Waals surface area contributed by atoms with Gasteiger partial charge >= 0.3 is 0 Å². The molecule has 7 aromatic carbocycles. The summed E-state index contributed by atoms with van der Waals surface area (Å²) >= 11 is 10.5. The van der Waals surface area contributed by atoms with Crippen molar-refractivity contribution in [2.75, 3.05) is 9.80 Å². The zero-order chi connectivity index (χ0) is 31.3. The Hall–Kier alpha value is -5.13. The van der Waals surface area contributed by atoms with Gasteiger partial charge in [-0.1, -0.05) is 90.5 Å². The van der Waals surface area contributed by atoms with Crippen LogP contribution in [0.2, 0.25) is 5.02 Å². The lowest BCUT2D eigenvalue weighted by Crippen LogP contribution is -2.10. The van der Waals surface area contributed by atoms with Crippen molar-refractivity contribution < 1.29 is 0 Å². The number of fused-ring (bicyclic) bond motifs is 6. The molecular formula is C42H27ClN2S2. The normalized spacial score (nSPS) is 11.5. The van der Waals surface area contributed by atoms with Crippen molar-refractivity contribution in [3.63, 3.8) is 0 Å². The molecule has 224 valence electrons. The van der Waals surface area contributed by atoms with Crippen molar-refractivity contribution in [3.8, 4) is 0 Å². The van der Waals surface area contributed by atoms with Crippen molar-refractivity contribution >= 4 is 109 Å². The molecule has 9 aromatic rings. The third kappa shape index (κ3) is 4.93. The maximum Gasteiger partial charge on any atom is 0.0569 e. The highest BCUT2D eigenvalue weighted by molar-refractivity contribution is 7.26. The van der Waals surface area contributed by atoms with E-state index in [1.165, 1.54) is 40.3 Å². The summed E-state index contributed by atoms with van der Waals surface area (Å²) in [4.78, 5) is 4.68. The molecule has 9 rings (SSSR count). The van der Waals surface area contributed by atoms with E-state index < -0.39 is 0 Å². The summed E-state index contributed by atoms with van der Waals surface area (Å²) in [7, 11) is 0. The number of anilines is 6. The number of nitrogens with zero attached hydrogens (tertiary/aromatic N) is 2. The highest BCUT2D eigenvalue weighted by Gasteiger charge is 2.21. The van der Waals surface area contributed by atoms with Gasteiger partial charge in [-0.15, -0.1) is 22.7 Å². The predicted octanol–water partition coefficient (Wildman–Crippen LogP) is 14.0. The molecule has 0 aliphatic heterocycles. The number of benzene rings is 7. The highest BCUT2D eigenvalue weighted by Crippen LogP contribution is 2.48. The van der Waals surface area contributed by atoms with Gasteiger partial charge in [-0.25, -0.2) is 0 Å². The molecule has 0 unspecified atom stereocenters. The van der Waals surface area contributed by atoms with Gasteiger partial charge in [-0.05, 0) is 84.9 Å². The number of halogens is 1. The summed E-state index contributed by atoms with van der Waals surface area (Å²) in [6.07, 6.45) is 0. The Morgan fingerprint density at radius 1 is 0.362 bits per heavy atom. The van der Waals surface area contributed by atoms with Gasteiger partial charge in [0.2, 0.25) is 0 Å². The maximum atomic E-state index is 6.83. The number of rotatable bonds is 6. The Morgan fingerprint density at radius 2 is 0.915 bits per heavy atom. The van der Waals surface area contributed by atoms with Crippen LogP contribution in [-0.4, -0.2) is 0 Å². The lowest BCUT2D eigenvalue weighted by Gasteiger charge is -2.27. The van der Waals surface area contributed by atoms with E-state index in [4.69, 9.17) is 11.6 Å². The molecule has 2 nitrogen and oxygen atoms in total. The SMILES string of the molecule is Clc1cc(N(c2ccccc2)c2ccc3c(c2)sc2ccc(N(c4ccccc4)c4ccccc4)cc23)c2c(c1)sc1ccccc12. The second-order valence-corrected chi connectivity index (χ2v) is 14.1. The molecular weight excluding hydrogens is 632 g/mol.